The van der Waals surface area contributed by atoms with Gasteiger partial charge < -0.3 is 33.8 Å². The number of rotatable bonds is 13. The minimum Gasteiger partial charge on any atom is -0.493 e. The molecule has 0 aromatic heterocycles. The molecule has 1 amide bonds. The van der Waals surface area contributed by atoms with Crippen LogP contribution < -0.4 is 19.5 Å². The fraction of sp³-hybridized carbons (Fsp3) is 0.758. The number of aliphatic carboxylic acids is 1. The molecule has 246 valence electrons. The van der Waals surface area contributed by atoms with E-state index in [2.05, 4.69) is 39.2 Å². The van der Waals surface area contributed by atoms with Gasteiger partial charge >= 0.3 is 12.1 Å². The van der Waals surface area contributed by atoms with Crippen LogP contribution in [0.15, 0.2) is 12.1 Å². The smallest absolute Gasteiger partial charge is 0.407 e. The summed E-state index contributed by atoms with van der Waals surface area (Å²) in [7, 11) is 2.06. The first-order valence-corrected chi connectivity index (χ1v) is 18.4. The van der Waals surface area contributed by atoms with Crippen molar-refractivity contribution in [2.24, 2.45) is 5.92 Å². The summed E-state index contributed by atoms with van der Waals surface area (Å²) < 4.78 is 29.6. The Balaban J connectivity index is 2.72. The molecule has 2 N–H and O–H groups in total. The second-order valence-electron chi connectivity index (χ2n) is 14.6. The van der Waals surface area contributed by atoms with Crippen molar-refractivity contribution in [3.63, 3.8) is 0 Å². The lowest BCUT2D eigenvalue weighted by Gasteiger charge is -2.44. The Kier molecular flexibility index (Phi) is 12.4. The van der Waals surface area contributed by atoms with Gasteiger partial charge in [0.05, 0.1) is 38.9 Å². The molecule has 1 aromatic carbocycles. The average molecular weight is 624 g/mol. The van der Waals surface area contributed by atoms with Crippen LogP contribution in [0.1, 0.15) is 99.0 Å². The number of nitrogens with one attached hydrogen (secondary N) is 1. The van der Waals surface area contributed by atoms with Crippen LogP contribution in [0, 0.1) is 5.92 Å². The van der Waals surface area contributed by atoms with Gasteiger partial charge in [-0.3, -0.25) is 4.79 Å². The van der Waals surface area contributed by atoms with E-state index in [0.29, 0.717) is 35.2 Å². The van der Waals surface area contributed by atoms with E-state index in [1.165, 1.54) is 27.8 Å². The van der Waals surface area contributed by atoms with Gasteiger partial charge in [-0.2, -0.15) is 0 Å². The molecule has 1 saturated carbocycles. The highest BCUT2D eigenvalue weighted by atomic mass is 28.4. The van der Waals surface area contributed by atoms with Crippen LogP contribution in [0.2, 0.25) is 18.1 Å². The number of carboxylic acids is 1. The fourth-order valence-electron chi connectivity index (χ4n) is 5.62. The van der Waals surface area contributed by atoms with Crippen molar-refractivity contribution in [2.75, 3.05) is 21.3 Å². The SMILES string of the molecule is COc1ccc([C@@](C)(C[C@H](O[Si](C)(C)C(C)(C)C)[C@H](CC2CCCCC2)NC(=O)OC(C)(C)C)C(=O)O)c(OC)c1OC. The number of ether oxygens (including phenoxy) is 4. The van der Waals surface area contributed by atoms with Gasteiger partial charge in [0.25, 0.3) is 0 Å². The molecular weight excluding hydrogens is 566 g/mol. The summed E-state index contributed by atoms with van der Waals surface area (Å²) in [4.78, 5) is 26.5. The lowest BCUT2D eigenvalue weighted by atomic mass is 9.74. The monoisotopic (exact) mass is 623 g/mol. The normalized spacial score (nSPS) is 17.8. The Morgan fingerprint density at radius 3 is 1.98 bits per heavy atom. The minimum atomic E-state index is -2.45. The number of methoxy groups -OCH3 is 3. The van der Waals surface area contributed by atoms with Gasteiger partial charge in [0.1, 0.15) is 5.60 Å². The van der Waals surface area contributed by atoms with Crippen LogP contribution in [-0.2, 0) is 19.4 Å². The highest BCUT2D eigenvalue weighted by molar-refractivity contribution is 6.74. The molecule has 1 aliphatic carbocycles. The fourth-order valence-corrected chi connectivity index (χ4v) is 6.97. The summed E-state index contributed by atoms with van der Waals surface area (Å²) in [6, 6.07) is 2.95. The number of hydrogen-bond acceptors (Lipinski definition) is 7. The number of amides is 1. The summed E-state index contributed by atoms with van der Waals surface area (Å²) in [5.41, 5.74) is -1.70. The second kappa shape index (κ2) is 14.5. The van der Waals surface area contributed by atoms with Gasteiger partial charge in [-0.15, -0.1) is 0 Å². The molecule has 1 fully saturated rings. The summed E-state index contributed by atoms with van der Waals surface area (Å²) in [5, 5.41) is 13.9. The quantitative estimate of drug-likeness (QED) is 0.215. The van der Waals surface area contributed by atoms with Gasteiger partial charge in [-0.25, -0.2) is 4.79 Å². The third-order valence-corrected chi connectivity index (χ3v) is 13.6. The molecule has 0 bridgehead atoms. The Bertz CT molecular complexity index is 1090. The van der Waals surface area contributed by atoms with Crippen LogP contribution in [0.4, 0.5) is 4.79 Å². The summed E-state index contributed by atoms with van der Waals surface area (Å²) in [6.45, 7) is 17.9. The molecule has 0 unspecified atom stereocenters. The average Bonchev–Trinajstić information content (AvgIpc) is 2.89. The van der Waals surface area contributed by atoms with E-state index < -0.39 is 43.5 Å². The van der Waals surface area contributed by atoms with E-state index in [-0.39, 0.29) is 11.5 Å². The Hall–Kier alpha value is -2.46. The molecule has 43 heavy (non-hydrogen) atoms. The molecule has 10 heteroatoms. The van der Waals surface area contributed by atoms with E-state index in [0.717, 1.165) is 25.7 Å². The highest BCUT2D eigenvalue weighted by Gasteiger charge is 2.47. The van der Waals surface area contributed by atoms with Crippen LogP contribution in [-0.4, -0.2) is 64.6 Å². The van der Waals surface area contributed by atoms with Crippen LogP contribution >= 0.6 is 0 Å². The summed E-state index contributed by atoms with van der Waals surface area (Å²) in [5.74, 6) is 0.414. The first-order valence-electron chi connectivity index (χ1n) is 15.5. The van der Waals surface area contributed by atoms with Gasteiger partial charge in [-0.1, -0.05) is 58.9 Å². The molecule has 9 nitrogen and oxygen atoms in total. The van der Waals surface area contributed by atoms with Crippen molar-refractivity contribution in [3.8, 4) is 17.2 Å². The van der Waals surface area contributed by atoms with E-state index >= 15 is 0 Å². The number of carbonyl (C=O) groups excluding carboxylic acids is 1. The van der Waals surface area contributed by atoms with Gasteiger partial charge in [0.15, 0.2) is 19.8 Å². The first kappa shape index (κ1) is 36.7. The van der Waals surface area contributed by atoms with Crippen LogP contribution in [0.3, 0.4) is 0 Å². The molecule has 0 heterocycles. The van der Waals surface area contributed by atoms with E-state index in [9.17, 15) is 14.7 Å². The highest BCUT2D eigenvalue weighted by Crippen LogP contribution is 2.47. The Morgan fingerprint density at radius 2 is 1.51 bits per heavy atom. The predicted molar refractivity (Wildman–Crippen MR) is 172 cm³/mol. The first-order chi connectivity index (χ1) is 19.8. The third kappa shape index (κ3) is 9.51. The lowest BCUT2D eigenvalue weighted by molar-refractivity contribution is -0.144. The maximum atomic E-state index is 13.3. The van der Waals surface area contributed by atoms with Gasteiger partial charge in [0.2, 0.25) is 5.75 Å². The van der Waals surface area contributed by atoms with Gasteiger partial charge in [-0.05, 0) is 70.7 Å². The largest absolute Gasteiger partial charge is 0.493 e. The summed E-state index contributed by atoms with van der Waals surface area (Å²) in [6.07, 6.45) is 5.26. The third-order valence-electron chi connectivity index (χ3n) is 9.10. The zero-order chi connectivity index (χ0) is 32.8. The van der Waals surface area contributed by atoms with Crippen LogP contribution in [0.5, 0.6) is 17.2 Å². The molecule has 3 atom stereocenters. The van der Waals surface area contributed by atoms with Crippen molar-refractivity contribution in [2.45, 2.75) is 135 Å². The molecule has 2 rings (SSSR count). The Morgan fingerprint density at radius 1 is 0.930 bits per heavy atom. The number of carbonyl (C=O) groups is 2. The van der Waals surface area contributed by atoms with Gasteiger partial charge in [0, 0.05) is 5.56 Å². The topological polar surface area (TPSA) is 113 Å². The van der Waals surface area contributed by atoms with Crippen molar-refractivity contribution in [3.05, 3.63) is 17.7 Å². The lowest BCUT2D eigenvalue weighted by Crippen LogP contribution is -2.55. The molecule has 0 radical (unpaired) electrons. The van der Waals surface area contributed by atoms with E-state index in [1.807, 2.05) is 20.8 Å². The number of carboxylic acid groups (broad SMARTS) is 1. The van der Waals surface area contributed by atoms with Crippen molar-refractivity contribution >= 4 is 20.4 Å². The zero-order valence-electron chi connectivity index (χ0n) is 28.6. The van der Waals surface area contributed by atoms with E-state index in [4.69, 9.17) is 23.4 Å². The Labute approximate surface area is 260 Å². The minimum absolute atomic E-state index is 0.0911. The van der Waals surface area contributed by atoms with Crippen LogP contribution in [0.25, 0.3) is 0 Å². The maximum Gasteiger partial charge on any atom is 0.407 e. The van der Waals surface area contributed by atoms with Crippen molar-refractivity contribution < 1.29 is 38.1 Å². The molecule has 1 aliphatic rings. The number of benzene rings is 1. The number of hydrogen-bond donors (Lipinski definition) is 2. The molecular formula is C33H57NO8Si. The molecule has 0 saturated heterocycles. The maximum absolute atomic E-state index is 13.3. The van der Waals surface area contributed by atoms with Crippen molar-refractivity contribution in [1.82, 2.24) is 5.32 Å². The standard InChI is InChI=1S/C33H57NO8Si/c1-31(2,3)41-30(37)34-24(20-22-16-14-13-15-17-22)26(42-43(11,12)32(4,5)6)21-33(7,29(35)36)23-18-19-25(38-8)28(40-10)27(23)39-9/h18-19,22,24,26H,13-17,20-21H2,1-12H3,(H,34,37)(H,35,36)/t24-,26-,33+/m0/s1. The second-order valence-corrected chi connectivity index (χ2v) is 19.4. The molecule has 0 spiro atoms. The van der Waals surface area contributed by atoms with E-state index in [1.54, 1.807) is 19.1 Å². The zero-order valence-corrected chi connectivity index (χ0v) is 29.6. The number of alkyl carbamates (subject to hydrolysis) is 1. The van der Waals surface area contributed by atoms with Crippen molar-refractivity contribution in [1.29, 1.82) is 0 Å². The summed E-state index contributed by atoms with van der Waals surface area (Å²) >= 11 is 0. The molecule has 0 aliphatic heterocycles. The predicted octanol–water partition coefficient (Wildman–Crippen LogP) is 7.70. The molecule has 1 aromatic rings.